The summed E-state index contributed by atoms with van der Waals surface area (Å²) in [6.45, 7) is 2.17. The Labute approximate surface area is 117 Å². The smallest absolute Gasteiger partial charge is 0.145 e. The molecule has 7 heteroatoms. The predicted octanol–water partition coefficient (Wildman–Crippen LogP) is 1.16. The van der Waals surface area contributed by atoms with Crippen molar-refractivity contribution >= 4 is 23.4 Å². The monoisotopic (exact) mass is 283 g/mol. The van der Waals surface area contributed by atoms with E-state index in [1.165, 1.54) is 0 Å². The van der Waals surface area contributed by atoms with Crippen molar-refractivity contribution in [2.24, 2.45) is 5.84 Å². The molecule has 6 nitrogen and oxygen atoms in total. The number of nitrogens with two attached hydrogens (primary N) is 1. The van der Waals surface area contributed by atoms with Gasteiger partial charge in [0.15, 0.2) is 0 Å². The van der Waals surface area contributed by atoms with Crippen molar-refractivity contribution in [3.8, 4) is 0 Å². The molecule has 2 atom stereocenters. The molecule has 1 aromatic heterocycles. The third-order valence-electron chi connectivity index (χ3n) is 3.25. The Morgan fingerprint density at radius 1 is 1.47 bits per heavy atom. The molecule has 0 saturated heterocycles. The second-order valence-electron chi connectivity index (χ2n) is 4.80. The summed E-state index contributed by atoms with van der Waals surface area (Å²) in [7, 11) is 0. The van der Waals surface area contributed by atoms with Crippen LogP contribution in [0.4, 0.5) is 11.6 Å². The van der Waals surface area contributed by atoms with E-state index in [0.29, 0.717) is 11.7 Å². The van der Waals surface area contributed by atoms with Crippen LogP contribution in [0.25, 0.3) is 0 Å². The minimum Gasteiger partial charge on any atom is -0.395 e. The minimum atomic E-state index is 0.118. The maximum atomic E-state index is 9.30. The van der Waals surface area contributed by atoms with E-state index in [9.17, 15) is 5.11 Å². The summed E-state index contributed by atoms with van der Waals surface area (Å²) < 4.78 is 0. The van der Waals surface area contributed by atoms with E-state index in [1.807, 2.05) is 13.2 Å². The zero-order valence-electron chi connectivity index (χ0n) is 11.3. The number of hydrazine groups is 1. The third-order valence-corrected chi connectivity index (χ3v) is 4.41. The van der Waals surface area contributed by atoms with Crippen LogP contribution in [-0.2, 0) is 0 Å². The number of rotatable bonds is 7. The predicted molar refractivity (Wildman–Crippen MR) is 79.3 cm³/mol. The number of hydrogen-bond acceptors (Lipinski definition) is 7. The number of aliphatic hydroxyl groups excluding tert-OH is 1. The van der Waals surface area contributed by atoms with Gasteiger partial charge >= 0.3 is 0 Å². The van der Waals surface area contributed by atoms with Crippen molar-refractivity contribution in [3.63, 3.8) is 0 Å². The number of hydrogen-bond donors (Lipinski definition) is 4. The number of nitrogens with zero attached hydrogens (tertiary/aromatic N) is 2. The maximum Gasteiger partial charge on any atom is 0.145 e. The largest absolute Gasteiger partial charge is 0.395 e. The molecule has 1 aromatic rings. The molecule has 19 heavy (non-hydrogen) atoms. The fraction of sp³-hybridized carbons (Fsp3) is 0.667. The zero-order chi connectivity index (χ0) is 13.8. The van der Waals surface area contributed by atoms with Gasteiger partial charge in [0.05, 0.1) is 6.61 Å². The Balaban J connectivity index is 2.12. The van der Waals surface area contributed by atoms with Crippen molar-refractivity contribution in [2.75, 3.05) is 23.6 Å². The van der Waals surface area contributed by atoms with Crippen LogP contribution in [0.5, 0.6) is 0 Å². The van der Waals surface area contributed by atoms with E-state index in [4.69, 9.17) is 5.84 Å². The van der Waals surface area contributed by atoms with Crippen LogP contribution in [0.2, 0.25) is 0 Å². The van der Waals surface area contributed by atoms with Crippen LogP contribution in [0.1, 0.15) is 31.5 Å². The van der Waals surface area contributed by atoms with Gasteiger partial charge in [-0.1, -0.05) is 0 Å². The normalized spacial score (nSPS) is 17.9. The van der Waals surface area contributed by atoms with Crippen LogP contribution in [0, 0.1) is 0 Å². The van der Waals surface area contributed by atoms with Crippen LogP contribution in [0.3, 0.4) is 0 Å². The van der Waals surface area contributed by atoms with Gasteiger partial charge in [0.1, 0.15) is 17.5 Å². The van der Waals surface area contributed by atoms with Gasteiger partial charge in [-0.25, -0.2) is 15.8 Å². The van der Waals surface area contributed by atoms with Crippen LogP contribution in [-0.4, -0.2) is 39.2 Å². The highest BCUT2D eigenvalue weighted by atomic mass is 32.2. The maximum absolute atomic E-state index is 9.30. The lowest BCUT2D eigenvalue weighted by molar-refractivity contribution is 0.288. The molecule has 1 heterocycles. The molecule has 1 saturated carbocycles. The first-order valence-corrected chi connectivity index (χ1v) is 7.72. The van der Waals surface area contributed by atoms with Crippen molar-refractivity contribution in [3.05, 3.63) is 11.9 Å². The number of thioether (sulfide) groups is 1. The van der Waals surface area contributed by atoms with Crippen molar-refractivity contribution in [1.82, 2.24) is 9.97 Å². The van der Waals surface area contributed by atoms with Gasteiger partial charge in [-0.15, -0.1) is 0 Å². The molecule has 0 spiro atoms. The van der Waals surface area contributed by atoms with E-state index >= 15 is 0 Å². The molecule has 1 fully saturated rings. The van der Waals surface area contributed by atoms with Gasteiger partial charge in [0.2, 0.25) is 0 Å². The Morgan fingerprint density at radius 3 is 2.68 bits per heavy atom. The molecule has 1 aliphatic carbocycles. The van der Waals surface area contributed by atoms with Gasteiger partial charge in [-0.3, -0.25) is 0 Å². The molecule has 106 valence electrons. The minimum absolute atomic E-state index is 0.118. The highest BCUT2D eigenvalue weighted by Crippen LogP contribution is 2.38. The summed E-state index contributed by atoms with van der Waals surface area (Å²) in [5.74, 6) is 8.13. The van der Waals surface area contributed by atoms with E-state index in [1.54, 1.807) is 17.8 Å². The van der Waals surface area contributed by atoms with E-state index in [0.717, 1.165) is 24.5 Å². The Morgan fingerprint density at radius 2 is 2.16 bits per heavy atom. The SMILES string of the molecule is CSC(CO)C(C)Nc1cc(NN)nc(C2CC2)n1. The first kappa shape index (κ1) is 14.4. The number of aliphatic hydroxyl groups is 1. The second kappa shape index (κ2) is 6.40. The Kier molecular flexibility index (Phi) is 4.84. The molecule has 0 amide bonds. The quantitative estimate of drug-likeness (QED) is 0.440. The van der Waals surface area contributed by atoms with Gasteiger partial charge in [-0.05, 0) is 26.0 Å². The molecular weight excluding hydrogens is 262 g/mol. The average molecular weight is 283 g/mol. The molecule has 0 aromatic carbocycles. The lowest BCUT2D eigenvalue weighted by Gasteiger charge is -2.22. The van der Waals surface area contributed by atoms with Crippen molar-refractivity contribution in [1.29, 1.82) is 0 Å². The van der Waals surface area contributed by atoms with Crippen LogP contribution >= 0.6 is 11.8 Å². The summed E-state index contributed by atoms with van der Waals surface area (Å²) in [4.78, 5) is 8.89. The number of anilines is 2. The first-order valence-electron chi connectivity index (χ1n) is 6.43. The Hall–Kier alpha value is -1.05. The number of nitrogens with one attached hydrogen (secondary N) is 2. The topological polar surface area (TPSA) is 96.1 Å². The number of aromatic nitrogens is 2. The fourth-order valence-corrected chi connectivity index (χ4v) is 2.53. The van der Waals surface area contributed by atoms with Crippen molar-refractivity contribution in [2.45, 2.75) is 37.0 Å². The lowest BCUT2D eigenvalue weighted by atomic mass is 10.2. The zero-order valence-corrected chi connectivity index (χ0v) is 12.1. The molecule has 0 aliphatic heterocycles. The van der Waals surface area contributed by atoms with Gasteiger partial charge < -0.3 is 15.8 Å². The van der Waals surface area contributed by atoms with Gasteiger partial charge in [0.25, 0.3) is 0 Å². The number of nitrogen functional groups attached to an aromatic ring is 1. The molecule has 0 bridgehead atoms. The highest BCUT2D eigenvalue weighted by Gasteiger charge is 2.27. The summed E-state index contributed by atoms with van der Waals surface area (Å²) >= 11 is 1.63. The highest BCUT2D eigenvalue weighted by molar-refractivity contribution is 7.99. The van der Waals surface area contributed by atoms with Crippen molar-refractivity contribution < 1.29 is 5.11 Å². The van der Waals surface area contributed by atoms with Gasteiger partial charge in [-0.2, -0.15) is 11.8 Å². The fourth-order valence-electron chi connectivity index (χ4n) is 1.90. The lowest BCUT2D eigenvalue weighted by Crippen LogP contribution is -2.31. The average Bonchev–Trinajstić information content (AvgIpc) is 3.24. The molecule has 2 unspecified atom stereocenters. The van der Waals surface area contributed by atoms with E-state index in [-0.39, 0.29) is 17.9 Å². The molecule has 1 aliphatic rings. The van der Waals surface area contributed by atoms with Gasteiger partial charge in [0, 0.05) is 23.3 Å². The first-order chi connectivity index (χ1) is 9.17. The molecule has 5 N–H and O–H groups in total. The second-order valence-corrected chi connectivity index (χ2v) is 5.88. The standard InChI is InChI=1S/C12H21N5OS/c1-7(9(6-18)19-2)14-10-5-11(17-13)16-12(15-10)8-3-4-8/h5,7-9,18H,3-4,6,13H2,1-2H3,(H2,14,15,16,17). The molecule has 0 radical (unpaired) electrons. The summed E-state index contributed by atoms with van der Waals surface area (Å²) in [5, 5.41) is 12.7. The molecular formula is C12H21N5OS. The summed E-state index contributed by atoms with van der Waals surface area (Å²) in [6, 6.07) is 1.91. The summed E-state index contributed by atoms with van der Waals surface area (Å²) in [5.41, 5.74) is 2.58. The van der Waals surface area contributed by atoms with Crippen LogP contribution < -0.4 is 16.6 Å². The van der Waals surface area contributed by atoms with E-state index < -0.39 is 0 Å². The van der Waals surface area contributed by atoms with E-state index in [2.05, 4.69) is 20.7 Å². The Bertz CT molecular complexity index is 423. The third kappa shape index (κ3) is 3.71. The summed E-state index contributed by atoms with van der Waals surface area (Å²) in [6.07, 6.45) is 4.28. The van der Waals surface area contributed by atoms with Crippen LogP contribution in [0.15, 0.2) is 6.07 Å². The molecule has 2 rings (SSSR count).